The maximum Gasteiger partial charge on any atom is 0.295 e. The van der Waals surface area contributed by atoms with Gasteiger partial charge in [0.1, 0.15) is 17.3 Å². The van der Waals surface area contributed by atoms with Crippen LogP contribution in [0, 0.1) is 0 Å². The average Bonchev–Trinajstić information content (AvgIpc) is 3.01. The van der Waals surface area contributed by atoms with Crippen LogP contribution >= 0.6 is 0 Å². The molecule has 1 amide bonds. The number of likely N-dealkylation sites (tertiary alicyclic amines) is 1. The number of hydrogen-bond acceptors (Lipinski definition) is 6. The molecule has 1 N–H and O–H groups in total. The van der Waals surface area contributed by atoms with Gasteiger partial charge in [0.25, 0.3) is 11.7 Å². The van der Waals surface area contributed by atoms with Gasteiger partial charge in [-0.3, -0.25) is 9.59 Å². The van der Waals surface area contributed by atoms with Crippen LogP contribution in [0.4, 0.5) is 0 Å². The fourth-order valence-electron chi connectivity index (χ4n) is 3.60. The zero-order chi connectivity index (χ0) is 22.5. The second-order valence-electron chi connectivity index (χ2n) is 7.46. The van der Waals surface area contributed by atoms with E-state index in [9.17, 15) is 14.7 Å². The first-order valence-electron chi connectivity index (χ1n) is 10.1. The number of carbonyl (C=O) groups is 2. The molecule has 3 rings (SSSR count). The Morgan fingerprint density at radius 1 is 1.06 bits per heavy atom. The summed E-state index contributed by atoms with van der Waals surface area (Å²) in [5, 5.41) is 11.1. The minimum atomic E-state index is -0.767. The van der Waals surface area contributed by atoms with Gasteiger partial charge >= 0.3 is 0 Å². The van der Waals surface area contributed by atoms with E-state index in [-0.39, 0.29) is 30.6 Å². The first-order chi connectivity index (χ1) is 14.9. The molecule has 0 bridgehead atoms. The van der Waals surface area contributed by atoms with Crippen molar-refractivity contribution in [3.63, 3.8) is 0 Å². The third-order valence-corrected chi connectivity index (χ3v) is 4.97. The van der Waals surface area contributed by atoms with Crippen molar-refractivity contribution in [2.45, 2.75) is 26.0 Å². The lowest BCUT2D eigenvalue weighted by Crippen LogP contribution is -2.32. The Morgan fingerprint density at radius 3 is 2.45 bits per heavy atom. The Balaban J connectivity index is 2.15. The summed E-state index contributed by atoms with van der Waals surface area (Å²) in [7, 11) is 3.04. The van der Waals surface area contributed by atoms with Crippen molar-refractivity contribution < 1.29 is 28.9 Å². The van der Waals surface area contributed by atoms with Crippen molar-refractivity contribution in [1.82, 2.24) is 4.90 Å². The Kier molecular flexibility index (Phi) is 6.97. The Labute approximate surface area is 181 Å². The number of benzene rings is 2. The molecule has 1 atom stereocenters. The minimum absolute atomic E-state index is 0.0241. The Morgan fingerprint density at radius 2 is 1.77 bits per heavy atom. The molecule has 7 heteroatoms. The molecule has 2 aromatic rings. The summed E-state index contributed by atoms with van der Waals surface area (Å²) in [5.74, 6) is -0.525. The Bertz CT molecular complexity index is 997. The Hall–Kier alpha value is -3.32. The van der Waals surface area contributed by atoms with E-state index in [1.807, 2.05) is 26.0 Å². The largest absolute Gasteiger partial charge is 0.507 e. The van der Waals surface area contributed by atoms with Crippen LogP contribution in [0.1, 0.15) is 31.0 Å². The summed E-state index contributed by atoms with van der Waals surface area (Å²) in [5.41, 5.74) is 1.08. The van der Waals surface area contributed by atoms with Crippen LogP contribution in [-0.4, -0.2) is 55.2 Å². The molecular weight excluding hydrogens is 398 g/mol. The predicted molar refractivity (Wildman–Crippen MR) is 116 cm³/mol. The molecule has 0 radical (unpaired) electrons. The zero-order valence-electron chi connectivity index (χ0n) is 18.1. The highest BCUT2D eigenvalue weighted by atomic mass is 16.5. The van der Waals surface area contributed by atoms with Crippen LogP contribution in [0.15, 0.2) is 54.1 Å². The smallest absolute Gasteiger partial charge is 0.295 e. The molecule has 31 heavy (non-hydrogen) atoms. The summed E-state index contributed by atoms with van der Waals surface area (Å²) in [4.78, 5) is 27.3. The van der Waals surface area contributed by atoms with Gasteiger partial charge in [-0.2, -0.15) is 0 Å². The van der Waals surface area contributed by atoms with Crippen LogP contribution in [0.3, 0.4) is 0 Å². The topological polar surface area (TPSA) is 85.3 Å². The number of aliphatic hydroxyl groups excluding tert-OH is 1. The van der Waals surface area contributed by atoms with Crippen LogP contribution in [0.5, 0.6) is 11.5 Å². The third kappa shape index (κ3) is 4.72. The van der Waals surface area contributed by atoms with E-state index in [4.69, 9.17) is 14.2 Å². The van der Waals surface area contributed by atoms with E-state index < -0.39 is 17.7 Å². The summed E-state index contributed by atoms with van der Waals surface area (Å²) in [6, 6.07) is 13.2. The van der Waals surface area contributed by atoms with Gasteiger partial charge in [0.15, 0.2) is 0 Å². The van der Waals surface area contributed by atoms with Gasteiger partial charge < -0.3 is 24.2 Å². The molecule has 1 unspecified atom stereocenters. The van der Waals surface area contributed by atoms with Crippen LogP contribution in [0.25, 0.3) is 5.76 Å². The lowest BCUT2D eigenvalue weighted by Gasteiger charge is -2.25. The van der Waals surface area contributed by atoms with Gasteiger partial charge in [-0.1, -0.05) is 24.3 Å². The number of rotatable bonds is 8. The summed E-state index contributed by atoms with van der Waals surface area (Å²) in [6.07, 6.45) is -0.0353. The number of amides is 1. The molecular formula is C24H27NO6. The number of aliphatic hydroxyl groups is 1. The molecule has 1 fully saturated rings. The molecule has 0 spiro atoms. The third-order valence-electron chi connectivity index (χ3n) is 4.97. The minimum Gasteiger partial charge on any atom is -0.507 e. The van der Waals surface area contributed by atoms with Crippen molar-refractivity contribution in [2.24, 2.45) is 0 Å². The van der Waals surface area contributed by atoms with E-state index in [2.05, 4.69) is 0 Å². The molecule has 0 aromatic heterocycles. The van der Waals surface area contributed by atoms with Gasteiger partial charge in [0.2, 0.25) is 0 Å². The number of hydrogen-bond donors (Lipinski definition) is 1. The van der Waals surface area contributed by atoms with E-state index >= 15 is 0 Å². The van der Waals surface area contributed by atoms with E-state index in [0.717, 1.165) is 0 Å². The standard InChI is InChI=1S/C24H27NO6/c1-15(2)31-19-10-5-7-16(13-19)21-20(23(27)24(28)25(21)11-12-29-3)22(26)17-8-6-9-18(14-17)30-4/h5-10,13-15,21,26H,11-12H2,1-4H3/b22-20-. The van der Waals surface area contributed by atoms with Gasteiger partial charge in [-0.05, 0) is 43.7 Å². The van der Waals surface area contributed by atoms with Crippen molar-refractivity contribution in [3.05, 3.63) is 65.2 Å². The van der Waals surface area contributed by atoms with Gasteiger partial charge in [0.05, 0.1) is 31.4 Å². The van der Waals surface area contributed by atoms with Crippen molar-refractivity contribution in [1.29, 1.82) is 0 Å². The maximum absolute atomic E-state index is 13.0. The molecule has 164 valence electrons. The highest BCUT2D eigenvalue weighted by Crippen LogP contribution is 2.40. The average molecular weight is 425 g/mol. The second kappa shape index (κ2) is 9.66. The molecule has 0 saturated carbocycles. The second-order valence-corrected chi connectivity index (χ2v) is 7.46. The number of methoxy groups -OCH3 is 2. The van der Waals surface area contributed by atoms with Gasteiger partial charge in [-0.15, -0.1) is 0 Å². The first-order valence-corrected chi connectivity index (χ1v) is 10.1. The zero-order valence-corrected chi connectivity index (χ0v) is 18.1. The van der Waals surface area contributed by atoms with Crippen LogP contribution < -0.4 is 9.47 Å². The SMILES string of the molecule is COCCN1C(=O)C(=O)/C(=C(\O)c2cccc(OC)c2)C1c1cccc(OC(C)C)c1. The van der Waals surface area contributed by atoms with Crippen molar-refractivity contribution >= 4 is 17.4 Å². The quantitative estimate of drug-likeness (QED) is 0.396. The van der Waals surface area contributed by atoms with E-state index in [1.54, 1.807) is 36.4 Å². The monoisotopic (exact) mass is 425 g/mol. The molecule has 1 heterocycles. The molecule has 2 aromatic carbocycles. The van der Waals surface area contributed by atoms with Gasteiger partial charge in [-0.25, -0.2) is 0 Å². The van der Waals surface area contributed by atoms with Gasteiger partial charge in [0, 0.05) is 19.2 Å². The highest BCUT2D eigenvalue weighted by molar-refractivity contribution is 6.46. The van der Waals surface area contributed by atoms with Crippen LogP contribution in [-0.2, 0) is 14.3 Å². The predicted octanol–water partition coefficient (Wildman–Crippen LogP) is 3.55. The number of carbonyl (C=O) groups excluding carboxylic acids is 2. The lowest BCUT2D eigenvalue weighted by molar-refractivity contribution is -0.140. The summed E-state index contributed by atoms with van der Waals surface area (Å²) in [6.45, 7) is 4.29. The molecule has 1 aliphatic rings. The summed E-state index contributed by atoms with van der Waals surface area (Å²) >= 11 is 0. The highest BCUT2D eigenvalue weighted by Gasteiger charge is 2.46. The maximum atomic E-state index is 13.0. The first kappa shape index (κ1) is 22.4. The number of ether oxygens (including phenoxy) is 3. The van der Waals surface area contributed by atoms with Crippen LogP contribution in [0.2, 0.25) is 0 Å². The molecule has 0 aliphatic carbocycles. The number of nitrogens with zero attached hydrogens (tertiary/aromatic N) is 1. The van der Waals surface area contributed by atoms with Crippen molar-refractivity contribution in [3.8, 4) is 11.5 Å². The van der Waals surface area contributed by atoms with Crippen molar-refractivity contribution in [2.75, 3.05) is 27.4 Å². The summed E-state index contributed by atoms with van der Waals surface area (Å²) < 4.78 is 16.1. The fourth-order valence-corrected chi connectivity index (χ4v) is 3.60. The molecule has 1 aliphatic heterocycles. The fraction of sp³-hybridized carbons (Fsp3) is 0.333. The number of ketones is 1. The van der Waals surface area contributed by atoms with E-state index in [1.165, 1.54) is 19.1 Å². The number of Topliss-reactive ketones (excluding diaryl/α,β-unsaturated/α-hetero) is 1. The lowest BCUT2D eigenvalue weighted by atomic mass is 9.95. The molecule has 7 nitrogen and oxygen atoms in total. The molecule has 1 saturated heterocycles. The normalized spacial score (nSPS) is 18.0. The van der Waals surface area contributed by atoms with E-state index in [0.29, 0.717) is 22.6 Å².